The molecule has 1 aromatic heterocycles. The number of nitrogens with two attached hydrogens (primary N) is 1. The second kappa shape index (κ2) is 5.50. The van der Waals surface area contributed by atoms with E-state index in [0.29, 0.717) is 11.3 Å². The van der Waals surface area contributed by atoms with Crippen molar-refractivity contribution in [3.63, 3.8) is 0 Å². The lowest BCUT2D eigenvalue weighted by Gasteiger charge is -2.12. The fraction of sp³-hybridized carbons (Fsp3) is 0.143. The molecule has 6 heteroatoms. The van der Waals surface area contributed by atoms with Crippen LogP contribution in [0, 0.1) is 18.6 Å². The quantitative estimate of drug-likeness (QED) is 0.882. The van der Waals surface area contributed by atoms with Gasteiger partial charge in [0.25, 0.3) is 5.56 Å². The fourth-order valence-electron chi connectivity index (χ4n) is 1.94. The summed E-state index contributed by atoms with van der Waals surface area (Å²) in [6.45, 7) is 1.77. The van der Waals surface area contributed by atoms with Crippen molar-refractivity contribution in [3.8, 4) is 0 Å². The van der Waals surface area contributed by atoms with Crippen LogP contribution in [0.5, 0.6) is 0 Å². The molecule has 0 atom stereocenters. The maximum Gasteiger partial charge on any atom is 0.261 e. The molecule has 3 nitrogen and oxygen atoms in total. The third-order valence-corrected chi connectivity index (χ3v) is 3.14. The van der Waals surface area contributed by atoms with Gasteiger partial charge in [-0.25, -0.2) is 8.78 Å². The van der Waals surface area contributed by atoms with Crippen molar-refractivity contribution in [3.05, 3.63) is 69.1 Å². The van der Waals surface area contributed by atoms with E-state index in [1.807, 2.05) is 0 Å². The van der Waals surface area contributed by atoms with Gasteiger partial charge in [-0.3, -0.25) is 4.79 Å². The van der Waals surface area contributed by atoms with E-state index in [-0.39, 0.29) is 22.7 Å². The Balaban J connectivity index is 2.50. The highest BCUT2D eigenvalue weighted by molar-refractivity contribution is 7.80. The summed E-state index contributed by atoms with van der Waals surface area (Å²) in [5.41, 5.74) is 6.32. The van der Waals surface area contributed by atoms with Crippen molar-refractivity contribution in [1.82, 2.24) is 4.57 Å². The summed E-state index contributed by atoms with van der Waals surface area (Å²) >= 11 is 4.80. The average molecular weight is 294 g/mol. The predicted molar refractivity (Wildman–Crippen MR) is 76.8 cm³/mol. The average Bonchev–Trinajstić information content (AvgIpc) is 2.32. The van der Waals surface area contributed by atoms with Gasteiger partial charge in [-0.2, -0.15) is 0 Å². The summed E-state index contributed by atoms with van der Waals surface area (Å²) in [6, 6.07) is 6.38. The molecule has 2 rings (SSSR count). The molecule has 0 aliphatic carbocycles. The van der Waals surface area contributed by atoms with Gasteiger partial charge in [0.2, 0.25) is 0 Å². The first kappa shape index (κ1) is 14.3. The standard InChI is InChI=1S/C14H12F2N2OS/c1-8-2-3-12(13(17)20)14(19)18(8)7-9-4-10(15)6-11(16)5-9/h2-6H,7H2,1H3,(H2,17,20). The van der Waals surface area contributed by atoms with Gasteiger partial charge in [0.1, 0.15) is 16.6 Å². The van der Waals surface area contributed by atoms with E-state index in [2.05, 4.69) is 0 Å². The van der Waals surface area contributed by atoms with Crippen LogP contribution >= 0.6 is 12.2 Å². The lowest BCUT2D eigenvalue weighted by molar-refractivity contribution is 0.576. The van der Waals surface area contributed by atoms with Crippen LogP contribution in [-0.2, 0) is 6.54 Å². The van der Waals surface area contributed by atoms with E-state index in [1.54, 1.807) is 19.1 Å². The molecule has 0 bridgehead atoms. The minimum Gasteiger partial charge on any atom is -0.389 e. The first-order valence-corrected chi connectivity index (χ1v) is 6.24. The molecule has 0 fully saturated rings. The number of aryl methyl sites for hydroxylation is 1. The number of aromatic nitrogens is 1. The number of nitrogens with zero attached hydrogens (tertiary/aromatic N) is 1. The zero-order valence-electron chi connectivity index (χ0n) is 10.7. The molecule has 0 saturated carbocycles. The van der Waals surface area contributed by atoms with Crippen molar-refractivity contribution < 1.29 is 8.78 Å². The van der Waals surface area contributed by atoms with Gasteiger partial charge < -0.3 is 10.3 Å². The molecule has 104 valence electrons. The van der Waals surface area contributed by atoms with E-state index < -0.39 is 11.6 Å². The second-order valence-electron chi connectivity index (χ2n) is 4.42. The molecule has 0 spiro atoms. The molecule has 0 aliphatic rings. The van der Waals surface area contributed by atoms with Crippen molar-refractivity contribution >= 4 is 17.2 Å². The Morgan fingerprint density at radius 1 is 1.25 bits per heavy atom. The lowest BCUT2D eigenvalue weighted by Crippen LogP contribution is -2.30. The summed E-state index contributed by atoms with van der Waals surface area (Å²) < 4.78 is 27.7. The topological polar surface area (TPSA) is 48.0 Å². The maximum atomic E-state index is 13.2. The van der Waals surface area contributed by atoms with Crippen LogP contribution < -0.4 is 11.3 Å². The van der Waals surface area contributed by atoms with Crippen molar-refractivity contribution in [1.29, 1.82) is 0 Å². The molecular weight excluding hydrogens is 282 g/mol. The normalized spacial score (nSPS) is 10.6. The SMILES string of the molecule is Cc1ccc(C(N)=S)c(=O)n1Cc1cc(F)cc(F)c1. The molecule has 0 amide bonds. The van der Waals surface area contributed by atoms with Crippen molar-refractivity contribution in [2.45, 2.75) is 13.5 Å². The van der Waals surface area contributed by atoms with E-state index in [4.69, 9.17) is 18.0 Å². The third-order valence-electron chi connectivity index (χ3n) is 2.92. The Morgan fingerprint density at radius 2 is 1.85 bits per heavy atom. The molecule has 0 saturated heterocycles. The van der Waals surface area contributed by atoms with Gasteiger partial charge in [0, 0.05) is 11.8 Å². The summed E-state index contributed by atoms with van der Waals surface area (Å²) in [6.07, 6.45) is 0. The third kappa shape index (κ3) is 2.91. The monoisotopic (exact) mass is 294 g/mol. The summed E-state index contributed by atoms with van der Waals surface area (Å²) in [5.74, 6) is -1.37. The zero-order chi connectivity index (χ0) is 14.9. The fourth-order valence-corrected chi connectivity index (χ4v) is 2.09. The maximum absolute atomic E-state index is 13.2. The highest BCUT2D eigenvalue weighted by atomic mass is 32.1. The zero-order valence-corrected chi connectivity index (χ0v) is 11.5. The molecule has 20 heavy (non-hydrogen) atoms. The number of rotatable bonds is 3. The highest BCUT2D eigenvalue weighted by Gasteiger charge is 2.10. The van der Waals surface area contributed by atoms with E-state index in [0.717, 1.165) is 6.07 Å². The second-order valence-corrected chi connectivity index (χ2v) is 4.86. The summed E-state index contributed by atoms with van der Waals surface area (Å²) in [5, 5.41) is 0. The van der Waals surface area contributed by atoms with Gasteiger partial charge in [-0.15, -0.1) is 0 Å². The van der Waals surface area contributed by atoms with Crippen molar-refractivity contribution in [2.75, 3.05) is 0 Å². The van der Waals surface area contributed by atoms with Gasteiger partial charge in [-0.05, 0) is 36.8 Å². The predicted octanol–water partition coefficient (Wildman–Crippen LogP) is 2.12. The van der Waals surface area contributed by atoms with Gasteiger partial charge in [0.15, 0.2) is 0 Å². The van der Waals surface area contributed by atoms with E-state index in [1.165, 1.54) is 16.7 Å². The number of thiocarbonyl (C=S) groups is 1. The Hall–Kier alpha value is -2.08. The van der Waals surface area contributed by atoms with Gasteiger partial charge in [-0.1, -0.05) is 12.2 Å². The number of hydrogen-bond donors (Lipinski definition) is 1. The summed E-state index contributed by atoms with van der Waals surface area (Å²) in [4.78, 5) is 12.2. The minimum absolute atomic E-state index is 0.00540. The van der Waals surface area contributed by atoms with Gasteiger partial charge in [0.05, 0.1) is 12.1 Å². The van der Waals surface area contributed by atoms with Crippen LogP contribution in [-0.4, -0.2) is 9.56 Å². The molecule has 0 radical (unpaired) electrons. The largest absolute Gasteiger partial charge is 0.389 e. The molecule has 2 aromatic rings. The number of benzene rings is 1. The van der Waals surface area contributed by atoms with Crippen LogP contribution in [0.2, 0.25) is 0 Å². The smallest absolute Gasteiger partial charge is 0.261 e. The van der Waals surface area contributed by atoms with Crippen LogP contribution in [0.15, 0.2) is 35.1 Å². The first-order chi connectivity index (χ1) is 9.38. The Labute approximate surface area is 119 Å². The van der Waals surface area contributed by atoms with Crippen LogP contribution in [0.1, 0.15) is 16.8 Å². The molecule has 0 aliphatic heterocycles. The number of pyridine rings is 1. The van der Waals surface area contributed by atoms with Crippen molar-refractivity contribution in [2.24, 2.45) is 5.73 Å². The molecular formula is C14H12F2N2OS. The Bertz CT molecular complexity index is 720. The van der Waals surface area contributed by atoms with Crippen LogP contribution in [0.25, 0.3) is 0 Å². The van der Waals surface area contributed by atoms with E-state index in [9.17, 15) is 13.6 Å². The first-order valence-electron chi connectivity index (χ1n) is 5.83. The summed E-state index contributed by atoms with van der Waals surface area (Å²) in [7, 11) is 0. The van der Waals surface area contributed by atoms with Crippen LogP contribution in [0.3, 0.4) is 0 Å². The van der Waals surface area contributed by atoms with Crippen LogP contribution in [0.4, 0.5) is 8.78 Å². The number of halogens is 2. The Morgan fingerprint density at radius 3 is 2.40 bits per heavy atom. The van der Waals surface area contributed by atoms with E-state index >= 15 is 0 Å². The lowest BCUT2D eigenvalue weighted by atomic mass is 10.2. The minimum atomic E-state index is -0.684. The molecule has 2 N–H and O–H groups in total. The Kier molecular flexibility index (Phi) is 3.94. The molecule has 1 aromatic carbocycles. The number of hydrogen-bond acceptors (Lipinski definition) is 2. The molecule has 0 unspecified atom stereocenters. The molecule has 1 heterocycles. The highest BCUT2D eigenvalue weighted by Crippen LogP contribution is 2.10. The van der Waals surface area contributed by atoms with Gasteiger partial charge >= 0.3 is 0 Å².